The molecule has 3 heterocycles. The summed E-state index contributed by atoms with van der Waals surface area (Å²) in [7, 11) is 0. The van der Waals surface area contributed by atoms with Gasteiger partial charge in [0.05, 0.1) is 0 Å². The zero-order valence-corrected chi connectivity index (χ0v) is 11.8. The van der Waals surface area contributed by atoms with Crippen molar-refractivity contribution in [2.45, 2.75) is 38.5 Å². The summed E-state index contributed by atoms with van der Waals surface area (Å²) >= 11 is 0. The number of amides is 2. The highest BCUT2D eigenvalue weighted by Crippen LogP contribution is 2.14. The topological polar surface area (TPSA) is 61.9 Å². The highest BCUT2D eigenvalue weighted by molar-refractivity contribution is 6.12. The number of piperidine rings is 2. The summed E-state index contributed by atoms with van der Waals surface area (Å²) in [5.74, 6) is -0.657. The van der Waals surface area contributed by atoms with Gasteiger partial charge in [-0.25, -0.2) is 4.94 Å². The first-order chi connectivity index (χ1) is 9.74. The molecule has 0 saturated carbocycles. The Morgan fingerprint density at radius 3 is 1.45 bits per heavy atom. The van der Waals surface area contributed by atoms with E-state index >= 15 is 0 Å². The molecule has 0 unspecified atom stereocenters. The summed E-state index contributed by atoms with van der Waals surface area (Å²) in [5.41, 5.74) is 0. The Balaban J connectivity index is 0.000000178. The second-order valence-electron chi connectivity index (χ2n) is 5.25. The van der Waals surface area contributed by atoms with Crippen molar-refractivity contribution in [1.82, 2.24) is 15.4 Å². The maximum Gasteiger partial charge on any atom is 0.250 e. The van der Waals surface area contributed by atoms with Gasteiger partial charge >= 0.3 is 0 Å². The minimum absolute atomic E-state index is 0.329. The van der Waals surface area contributed by atoms with Crippen LogP contribution in [0.25, 0.3) is 0 Å². The molecule has 2 fully saturated rings. The van der Waals surface area contributed by atoms with E-state index in [1.165, 1.54) is 50.7 Å². The lowest BCUT2D eigenvalue weighted by Crippen LogP contribution is -2.40. The van der Waals surface area contributed by atoms with E-state index in [4.69, 9.17) is 4.94 Å². The Labute approximate surface area is 119 Å². The number of imide groups is 1. The SMILES string of the molecule is C1CCN(ON2CCCCC2)CC1.O=C1C=CC(=O)N1. The standard InChI is InChI=1S/C10H20N2O.C4H3NO2/c1-3-7-11(8-4-1)13-12-9-5-2-6-10-12;6-3-1-2-4(7)5-3/h1-10H2;1-2H,(H,5,6,7). The Morgan fingerprint density at radius 1 is 0.750 bits per heavy atom. The van der Waals surface area contributed by atoms with Crippen LogP contribution in [0.15, 0.2) is 12.2 Å². The molecule has 0 bridgehead atoms. The van der Waals surface area contributed by atoms with Gasteiger partial charge < -0.3 is 0 Å². The lowest BCUT2D eigenvalue weighted by molar-refractivity contribution is -0.333. The van der Waals surface area contributed by atoms with Crippen molar-refractivity contribution in [2.75, 3.05) is 26.2 Å². The Kier molecular flexibility index (Phi) is 6.17. The van der Waals surface area contributed by atoms with E-state index in [9.17, 15) is 9.59 Å². The van der Waals surface area contributed by atoms with Crippen LogP contribution in [0.2, 0.25) is 0 Å². The molecule has 112 valence electrons. The van der Waals surface area contributed by atoms with E-state index in [0.29, 0.717) is 0 Å². The van der Waals surface area contributed by atoms with Crippen molar-refractivity contribution < 1.29 is 14.5 Å². The van der Waals surface area contributed by atoms with E-state index in [-0.39, 0.29) is 11.8 Å². The molecule has 2 saturated heterocycles. The number of nitrogens with one attached hydrogen (secondary N) is 1. The van der Waals surface area contributed by atoms with E-state index in [1.807, 2.05) is 5.32 Å². The highest BCUT2D eigenvalue weighted by Gasteiger charge is 2.17. The molecule has 0 spiro atoms. The third kappa shape index (κ3) is 5.40. The first kappa shape index (κ1) is 15.2. The first-order valence-corrected chi connectivity index (χ1v) is 7.45. The van der Waals surface area contributed by atoms with Gasteiger partial charge in [-0.05, 0) is 25.7 Å². The number of hydrogen-bond acceptors (Lipinski definition) is 5. The van der Waals surface area contributed by atoms with Crippen molar-refractivity contribution in [3.05, 3.63) is 12.2 Å². The van der Waals surface area contributed by atoms with Crippen LogP contribution in [0, 0.1) is 0 Å². The fourth-order valence-corrected chi connectivity index (χ4v) is 2.41. The molecule has 20 heavy (non-hydrogen) atoms. The fraction of sp³-hybridized carbons (Fsp3) is 0.714. The second kappa shape index (κ2) is 8.14. The molecular weight excluding hydrogens is 258 g/mol. The lowest BCUT2D eigenvalue weighted by Gasteiger charge is -2.33. The molecule has 1 N–H and O–H groups in total. The summed E-state index contributed by atoms with van der Waals surface area (Å²) in [6, 6.07) is 0. The highest BCUT2D eigenvalue weighted by atomic mass is 16.8. The number of carbonyl (C=O) groups is 2. The average Bonchev–Trinajstić information content (AvgIpc) is 2.85. The molecule has 6 heteroatoms. The normalized spacial score (nSPS) is 24.2. The van der Waals surface area contributed by atoms with Crippen LogP contribution >= 0.6 is 0 Å². The van der Waals surface area contributed by atoms with Gasteiger partial charge in [0, 0.05) is 38.3 Å². The largest absolute Gasteiger partial charge is 0.289 e. The molecule has 0 atom stereocenters. The predicted molar refractivity (Wildman–Crippen MR) is 74.2 cm³/mol. The number of carbonyl (C=O) groups excluding carboxylic acids is 2. The van der Waals surface area contributed by atoms with Crippen LogP contribution in [0.4, 0.5) is 0 Å². The minimum atomic E-state index is -0.329. The van der Waals surface area contributed by atoms with E-state index in [0.717, 1.165) is 26.2 Å². The quantitative estimate of drug-likeness (QED) is 0.765. The summed E-state index contributed by atoms with van der Waals surface area (Å²) in [4.78, 5) is 25.9. The molecule has 3 rings (SSSR count). The summed E-state index contributed by atoms with van der Waals surface area (Å²) in [6.45, 7) is 4.49. The third-order valence-electron chi connectivity index (χ3n) is 3.49. The van der Waals surface area contributed by atoms with Gasteiger partial charge in [-0.2, -0.15) is 10.1 Å². The van der Waals surface area contributed by atoms with Crippen LogP contribution in [-0.2, 0) is 14.5 Å². The molecule has 2 amide bonds. The zero-order chi connectivity index (χ0) is 14.2. The predicted octanol–water partition coefficient (Wildman–Crippen LogP) is 1.00. The van der Waals surface area contributed by atoms with Crippen molar-refractivity contribution in [3.63, 3.8) is 0 Å². The van der Waals surface area contributed by atoms with Gasteiger partial charge in [-0.15, -0.1) is 0 Å². The van der Waals surface area contributed by atoms with Gasteiger partial charge in [-0.1, -0.05) is 12.8 Å². The number of hydrogen-bond donors (Lipinski definition) is 1. The minimum Gasteiger partial charge on any atom is -0.289 e. The van der Waals surface area contributed by atoms with Gasteiger partial charge in [0.15, 0.2) is 0 Å². The monoisotopic (exact) mass is 281 g/mol. The van der Waals surface area contributed by atoms with Crippen molar-refractivity contribution in [1.29, 1.82) is 0 Å². The van der Waals surface area contributed by atoms with E-state index in [1.54, 1.807) is 0 Å². The number of nitrogens with zero attached hydrogens (tertiary/aromatic N) is 2. The van der Waals surface area contributed by atoms with Crippen LogP contribution in [0.5, 0.6) is 0 Å². The Morgan fingerprint density at radius 2 is 1.15 bits per heavy atom. The van der Waals surface area contributed by atoms with Crippen LogP contribution in [0.1, 0.15) is 38.5 Å². The molecule has 0 aliphatic carbocycles. The van der Waals surface area contributed by atoms with Crippen LogP contribution < -0.4 is 5.32 Å². The van der Waals surface area contributed by atoms with E-state index < -0.39 is 0 Å². The number of rotatable bonds is 2. The lowest BCUT2D eigenvalue weighted by atomic mass is 10.2. The smallest absolute Gasteiger partial charge is 0.250 e. The molecule has 6 nitrogen and oxygen atoms in total. The first-order valence-electron chi connectivity index (χ1n) is 7.45. The zero-order valence-electron chi connectivity index (χ0n) is 11.8. The molecule has 3 aliphatic rings. The fourth-order valence-electron chi connectivity index (χ4n) is 2.41. The van der Waals surface area contributed by atoms with E-state index in [2.05, 4.69) is 10.1 Å². The van der Waals surface area contributed by atoms with Crippen molar-refractivity contribution in [3.8, 4) is 0 Å². The Hall–Kier alpha value is -1.24. The molecule has 0 radical (unpaired) electrons. The maximum absolute atomic E-state index is 10.0. The van der Waals surface area contributed by atoms with Gasteiger partial charge in [-0.3, -0.25) is 14.9 Å². The summed E-state index contributed by atoms with van der Waals surface area (Å²) in [5, 5.41) is 6.30. The summed E-state index contributed by atoms with van der Waals surface area (Å²) in [6.07, 6.45) is 10.3. The van der Waals surface area contributed by atoms with Gasteiger partial charge in [0.25, 0.3) is 11.8 Å². The number of hydroxylamine groups is 4. The molecule has 0 aromatic rings. The van der Waals surface area contributed by atoms with Crippen LogP contribution in [0.3, 0.4) is 0 Å². The summed E-state index contributed by atoms with van der Waals surface area (Å²) < 4.78 is 0. The average molecular weight is 281 g/mol. The molecular formula is C14H23N3O3. The van der Waals surface area contributed by atoms with Gasteiger partial charge in [0.2, 0.25) is 0 Å². The second-order valence-corrected chi connectivity index (χ2v) is 5.25. The third-order valence-corrected chi connectivity index (χ3v) is 3.49. The Bertz CT molecular complexity index is 327. The van der Waals surface area contributed by atoms with Crippen molar-refractivity contribution in [2.24, 2.45) is 0 Å². The molecule has 0 aromatic carbocycles. The molecule has 0 aromatic heterocycles. The van der Waals surface area contributed by atoms with Gasteiger partial charge in [0.1, 0.15) is 0 Å². The van der Waals surface area contributed by atoms with Crippen molar-refractivity contribution >= 4 is 11.8 Å². The van der Waals surface area contributed by atoms with Crippen LogP contribution in [-0.4, -0.2) is 48.1 Å². The maximum atomic E-state index is 10.0. The molecule has 3 aliphatic heterocycles.